The fourth-order valence-electron chi connectivity index (χ4n) is 3.25. The topological polar surface area (TPSA) is 68.3 Å². The molecular weight excluding hydrogens is 420 g/mol. The number of aromatic nitrogens is 1. The summed E-state index contributed by atoms with van der Waals surface area (Å²) in [5.74, 6) is -0.00300. The molecule has 3 aromatic rings. The molecule has 0 fully saturated rings. The second-order valence-electron chi connectivity index (χ2n) is 7.12. The van der Waals surface area contributed by atoms with Crippen molar-refractivity contribution >= 4 is 35.8 Å². The molecule has 5 nitrogen and oxygen atoms in total. The lowest BCUT2D eigenvalue weighted by Gasteiger charge is -2.18. The highest BCUT2D eigenvalue weighted by Gasteiger charge is 2.23. The van der Waals surface area contributed by atoms with Gasteiger partial charge in [-0.15, -0.1) is 0 Å². The SMILES string of the molecule is COC(=O)C(CCSC)NC(=O)c1ccc(/C=C/c2cccnc2)cc1-c1ccccc1. The van der Waals surface area contributed by atoms with Crippen LogP contribution in [-0.2, 0) is 9.53 Å². The lowest BCUT2D eigenvalue weighted by molar-refractivity contribution is -0.142. The van der Waals surface area contributed by atoms with E-state index in [2.05, 4.69) is 10.3 Å². The molecule has 0 spiro atoms. The molecule has 1 atom stereocenters. The van der Waals surface area contributed by atoms with Crippen molar-refractivity contribution in [1.29, 1.82) is 0 Å². The summed E-state index contributed by atoms with van der Waals surface area (Å²) in [6.45, 7) is 0. The van der Waals surface area contributed by atoms with Crippen molar-refractivity contribution in [3.05, 3.63) is 89.7 Å². The number of thioether (sulfide) groups is 1. The van der Waals surface area contributed by atoms with Crippen molar-refractivity contribution in [2.24, 2.45) is 0 Å². The number of nitrogens with zero attached hydrogens (tertiary/aromatic N) is 1. The number of pyridine rings is 1. The minimum atomic E-state index is -0.686. The summed E-state index contributed by atoms with van der Waals surface area (Å²) in [6.07, 6.45) is 9.96. The number of carbonyl (C=O) groups excluding carboxylic acids is 2. The number of methoxy groups -OCH3 is 1. The molecule has 6 heteroatoms. The highest BCUT2D eigenvalue weighted by molar-refractivity contribution is 7.98. The molecule has 0 aliphatic heterocycles. The second-order valence-corrected chi connectivity index (χ2v) is 8.11. The first-order valence-corrected chi connectivity index (χ1v) is 11.7. The van der Waals surface area contributed by atoms with Gasteiger partial charge >= 0.3 is 5.97 Å². The van der Waals surface area contributed by atoms with Crippen molar-refractivity contribution < 1.29 is 14.3 Å². The Morgan fingerprint density at radius 2 is 1.84 bits per heavy atom. The first kappa shape index (κ1) is 23.3. The Balaban J connectivity index is 1.93. The summed E-state index contributed by atoms with van der Waals surface area (Å²) in [5, 5.41) is 2.85. The fourth-order valence-corrected chi connectivity index (χ4v) is 3.72. The molecule has 0 bridgehead atoms. The average molecular weight is 447 g/mol. The summed E-state index contributed by atoms with van der Waals surface area (Å²) >= 11 is 1.62. The number of hydrogen-bond donors (Lipinski definition) is 1. The third kappa shape index (κ3) is 6.31. The largest absolute Gasteiger partial charge is 0.467 e. The van der Waals surface area contributed by atoms with Crippen LogP contribution in [-0.4, -0.2) is 42.0 Å². The molecule has 1 N–H and O–H groups in total. The first-order valence-electron chi connectivity index (χ1n) is 10.3. The first-order chi connectivity index (χ1) is 15.6. The van der Waals surface area contributed by atoms with E-state index in [0.717, 1.165) is 28.0 Å². The van der Waals surface area contributed by atoms with Crippen LogP contribution < -0.4 is 5.32 Å². The Labute approximate surface area is 192 Å². The van der Waals surface area contributed by atoms with Crippen LogP contribution in [0.5, 0.6) is 0 Å². The number of ether oxygens (including phenoxy) is 1. The predicted octanol–water partition coefficient (Wildman–Crippen LogP) is 4.94. The van der Waals surface area contributed by atoms with Gasteiger partial charge in [-0.2, -0.15) is 11.8 Å². The molecule has 3 rings (SSSR count). The van der Waals surface area contributed by atoms with Gasteiger partial charge < -0.3 is 10.1 Å². The summed E-state index contributed by atoms with van der Waals surface area (Å²) in [5.41, 5.74) is 4.17. The van der Waals surface area contributed by atoms with Gasteiger partial charge in [0.2, 0.25) is 0 Å². The summed E-state index contributed by atoms with van der Waals surface area (Å²) in [7, 11) is 1.33. The van der Waals surface area contributed by atoms with Gasteiger partial charge in [0.25, 0.3) is 5.91 Å². The lowest BCUT2D eigenvalue weighted by Crippen LogP contribution is -2.42. The summed E-state index contributed by atoms with van der Waals surface area (Å²) < 4.78 is 4.88. The predicted molar refractivity (Wildman–Crippen MR) is 131 cm³/mol. The summed E-state index contributed by atoms with van der Waals surface area (Å²) in [6, 6.07) is 18.6. The van der Waals surface area contributed by atoms with Gasteiger partial charge in [-0.3, -0.25) is 9.78 Å². The standard InChI is InChI=1S/C26H26N2O3S/c1-31-26(30)24(14-16-32-2)28-25(29)22-13-12-19(10-11-20-7-6-15-27-18-20)17-23(22)21-8-4-3-5-9-21/h3-13,15,17-18,24H,14,16H2,1-2H3,(H,28,29)/b11-10+. The van der Waals surface area contributed by atoms with E-state index in [4.69, 9.17) is 4.74 Å². The molecule has 32 heavy (non-hydrogen) atoms. The molecule has 0 aliphatic carbocycles. The smallest absolute Gasteiger partial charge is 0.328 e. The maximum Gasteiger partial charge on any atom is 0.328 e. The Hall–Kier alpha value is -3.38. The average Bonchev–Trinajstić information content (AvgIpc) is 2.85. The molecule has 1 heterocycles. The molecule has 0 saturated heterocycles. The molecule has 0 radical (unpaired) electrons. The van der Waals surface area contributed by atoms with Crippen LogP contribution in [0, 0.1) is 0 Å². The van der Waals surface area contributed by atoms with Gasteiger partial charge in [0.1, 0.15) is 6.04 Å². The van der Waals surface area contributed by atoms with Crippen molar-refractivity contribution in [2.75, 3.05) is 19.1 Å². The van der Waals surface area contributed by atoms with Gasteiger partial charge in [-0.1, -0.05) is 54.6 Å². The number of carbonyl (C=O) groups is 2. The van der Waals surface area contributed by atoms with Crippen LogP contribution >= 0.6 is 11.8 Å². The van der Waals surface area contributed by atoms with E-state index in [1.165, 1.54) is 7.11 Å². The second kappa shape index (κ2) is 11.9. The van der Waals surface area contributed by atoms with Gasteiger partial charge in [-0.05, 0) is 58.9 Å². The van der Waals surface area contributed by atoms with Crippen LogP contribution in [0.15, 0.2) is 73.1 Å². The van der Waals surface area contributed by atoms with Gasteiger partial charge in [0.15, 0.2) is 0 Å². The van der Waals surface area contributed by atoms with Crippen molar-refractivity contribution in [3.63, 3.8) is 0 Å². The number of esters is 1. The Kier molecular flexibility index (Phi) is 8.63. The van der Waals surface area contributed by atoms with E-state index >= 15 is 0 Å². The number of benzene rings is 2. The minimum absolute atomic E-state index is 0.303. The number of amides is 1. The molecule has 1 unspecified atom stereocenters. The summed E-state index contributed by atoms with van der Waals surface area (Å²) in [4.78, 5) is 29.5. The molecule has 0 aliphatic rings. The van der Waals surface area contributed by atoms with E-state index in [0.29, 0.717) is 12.0 Å². The normalized spacial score (nSPS) is 11.8. The van der Waals surface area contributed by atoms with Crippen LogP contribution in [0.2, 0.25) is 0 Å². The van der Waals surface area contributed by atoms with E-state index in [9.17, 15) is 9.59 Å². The number of rotatable bonds is 9. The van der Waals surface area contributed by atoms with Gasteiger partial charge in [0, 0.05) is 18.0 Å². The van der Waals surface area contributed by atoms with E-state index in [1.54, 1.807) is 30.2 Å². The monoisotopic (exact) mass is 446 g/mol. The van der Waals surface area contributed by atoms with E-state index < -0.39 is 12.0 Å². The number of nitrogens with one attached hydrogen (secondary N) is 1. The fraction of sp³-hybridized carbons (Fsp3) is 0.192. The highest BCUT2D eigenvalue weighted by Crippen LogP contribution is 2.26. The van der Waals surface area contributed by atoms with Gasteiger partial charge in [-0.25, -0.2) is 4.79 Å². The molecular formula is C26H26N2O3S. The van der Waals surface area contributed by atoms with E-state index in [1.807, 2.05) is 73.0 Å². The quantitative estimate of drug-likeness (QED) is 0.472. The minimum Gasteiger partial charge on any atom is -0.467 e. The zero-order valence-electron chi connectivity index (χ0n) is 18.2. The Morgan fingerprint density at radius 3 is 2.53 bits per heavy atom. The highest BCUT2D eigenvalue weighted by atomic mass is 32.2. The van der Waals surface area contributed by atoms with Crippen molar-refractivity contribution in [3.8, 4) is 11.1 Å². The third-order valence-electron chi connectivity index (χ3n) is 4.93. The maximum atomic E-state index is 13.2. The van der Waals surface area contributed by atoms with E-state index in [-0.39, 0.29) is 5.91 Å². The molecule has 1 amide bonds. The van der Waals surface area contributed by atoms with Crippen LogP contribution in [0.3, 0.4) is 0 Å². The van der Waals surface area contributed by atoms with Crippen LogP contribution in [0.25, 0.3) is 23.3 Å². The maximum absolute atomic E-state index is 13.2. The lowest BCUT2D eigenvalue weighted by atomic mass is 9.96. The zero-order valence-corrected chi connectivity index (χ0v) is 19.0. The molecule has 2 aromatic carbocycles. The molecule has 0 saturated carbocycles. The van der Waals surface area contributed by atoms with Crippen molar-refractivity contribution in [1.82, 2.24) is 10.3 Å². The molecule has 164 valence electrons. The van der Waals surface area contributed by atoms with Gasteiger partial charge in [0.05, 0.1) is 7.11 Å². The Morgan fingerprint density at radius 1 is 1.06 bits per heavy atom. The Bertz CT molecular complexity index is 1070. The number of hydrogen-bond acceptors (Lipinski definition) is 5. The van der Waals surface area contributed by atoms with Crippen LogP contribution in [0.4, 0.5) is 0 Å². The van der Waals surface area contributed by atoms with Crippen LogP contribution in [0.1, 0.15) is 27.9 Å². The third-order valence-corrected chi connectivity index (χ3v) is 5.57. The zero-order chi connectivity index (χ0) is 22.8. The molecule has 1 aromatic heterocycles. The van der Waals surface area contributed by atoms with Crippen molar-refractivity contribution in [2.45, 2.75) is 12.5 Å².